The lowest BCUT2D eigenvalue weighted by atomic mass is 10.2. The smallest absolute Gasteiger partial charge is 0.282 e. The lowest BCUT2D eigenvalue weighted by Crippen LogP contribution is -2.32. The van der Waals surface area contributed by atoms with Gasteiger partial charge in [-0.2, -0.15) is 0 Å². The molecule has 0 fully saturated rings. The Morgan fingerprint density at radius 1 is 1.50 bits per heavy atom. The Kier molecular flexibility index (Phi) is 5.80. The Morgan fingerprint density at radius 3 is 2.61 bits per heavy atom. The zero-order valence-corrected chi connectivity index (χ0v) is 12.6. The van der Waals surface area contributed by atoms with Crippen molar-refractivity contribution in [2.45, 2.75) is 26.3 Å². The lowest BCUT2D eigenvalue weighted by Gasteiger charge is -2.29. The predicted octanol–water partition coefficient (Wildman–Crippen LogP) is 2.80. The van der Waals surface area contributed by atoms with E-state index in [1.54, 1.807) is 6.07 Å². The van der Waals surface area contributed by atoms with Gasteiger partial charge in [0.2, 0.25) is 0 Å². The van der Waals surface area contributed by atoms with Crippen molar-refractivity contribution in [3.05, 3.63) is 31.9 Å². The van der Waals surface area contributed by atoms with Crippen LogP contribution >= 0.6 is 22.6 Å². The molecule has 1 N–H and O–H groups in total. The zero-order chi connectivity index (χ0) is 13.7. The third-order valence-electron chi connectivity index (χ3n) is 2.64. The van der Waals surface area contributed by atoms with Gasteiger partial charge in [-0.1, -0.05) is 0 Å². The summed E-state index contributed by atoms with van der Waals surface area (Å²) in [5.74, 6) is 0. The van der Waals surface area contributed by atoms with Crippen LogP contribution in [0.25, 0.3) is 0 Å². The molecule has 1 aromatic rings. The fourth-order valence-corrected chi connectivity index (χ4v) is 2.44. The van der Waals surface area contributed by atoms with Gasteiger partial charge in [0.05, 0.1) is 8.49 Å². The maximum atomic E-state index is 10.8. The fraction of sp³-hybridized carbons (Fsp3) is 0.500. The summed E-state index contributed by atoms with van der Waals surface area (Å²) in [6.07, 6.45) is 0.686. The van der Waals surface area contributed by atoms with Crippen molar-refractivity contribution >= 4 is 34.0 Å². The summed E-state index contributed by atoms with van der Waals surface area (Å²) in [4.78, 5) is 12.5. The van der Waals surface area contributed by atoms with Crippen molar-refractivity contribution in [2.24, 2.45) is 0 Å². The number of benzene rings is 1. The van der Waals surface area contributed by atoms with Gasteiger partial charge in [0.1, 0.15) is 0 Å². The van der Waals surface area contributed by atoms with Crippen LogP contribution in [0.3, 0.4) is 0 Å². The third-order valence-corrected chi connectivity index (χ3v) is 3.50. The average Bonchev–Trinajstić information content (AvgIpc) is 2.28. The molecule has 0 spiro atoms. The van der Waals surface area contributed by atoms with Crippen LogP contribution in [0.1, 0.15) is 20.3 Å². The van der Waals surface area contributed by atoms with Crippen LogP contribution in [0.4, 0.5) is 11.4 Å². The number of hydrogen-bond acceptors (Lipinski definition) is 4. The maximum Gasteiger partial charge on any atom is 0.282 e. The van der Waals surface area contributed by atoms with Gasteiger partial charge in [-0.3, -0.25) is 10.1 Å². The monoisotopic (exact) mass is 364 g/mol. The van der Waals surface area contributed by atoms with E-state index >= 15 is 0 Å². The number of nitro benzene ring substituents is 1. The first kappa shape index (κ1) is 15.2. The highest BCUT2D eigenvalue weighted by molar-refractivity contribution is 14.1. The summed E-state index contributed by atoms with van der Waals surface area (Å²) in [5, 5.41) is 19.7. The summed E-state index contributed by atoms with van der Waals surface area (Å²) in [5.41, 5.74) is 1.08. The molecule has 0 saturated heterocycles. The van der Waals surface area contributed by atoms with Crippen LogP contribution < -0.4 is 4.90 Å². The highest BCUT2D eigenvalue weighted by Gasteiger charge is 2.16. The molecule has 5 nitrogen and oxygen atoms in total. The van der Waals surface area contributed by atoms with Gasteiger partial charge in [-0.25, -0.2) is 0 Å². The first-order valence-electron chi connectivity index (χ1n) is 5.78. The van der Waals surface area contributed by atoms with Crippen LogP contribution in [-0.2, 0) is 0 Å². The molecule has 100 valence electrons. The summed E-state index contributed by atoms with van der Waals surface area (Å²) in [6, 6.07) is 5.40. The van der Waals surface area contributed by atoms with Crippen LogP contribution in [0.5, 0.6) is 0 Å². The molecule has 0 aliphatic rings. The van der Waals surface area contributed by atoms with Crippen molar-refractivity contribution in [3.63, 3.8) is 0 Å². The van der Waals surface area contributed by atoms with Crippen LogP contribution in [0.2, 0.25) is 0 Å². The highest BCUT2D eigenvalue weighted by atomic mass is 127. The van der Waals surface area contributed by atoms with E-state index in [1.165, 1.54) is 6.07 Å². The van der Waals surface area contributed by atoms with E-state index in [1.807, 2.05) is 28.7 Å². The first-order valence-corrected chi connectivity index (χ1v) is 6.86. The third kappa shape index (κ3) is 3.81. The number of hydrogen-bond donors (Lipinski definition) is 1. The summed E-state index contributed by atoms with van der Waals surface area (Å²) >= 11 is 1.98. The number of halogens is 1. The topological polar surface area (TPSA) is 66.6 Å². The van der Waals surface area contributed by atoms with Crippen molar-refractivity contribution in [1.29, 1.82) is 0 Å². The van der Waals surface area contributed by atoms with E-state index in [0.29, 0.717) is 9.99 Å². The van der Waals surface area contributed by atoms with Crippen LogP contribution in [0, 0.1) is 13.7 Å². The van der Waals surface area contributed by atoms with E-state index in [9.17, 15) is 10.1 Å². The van der Waals surface area contributed by atoms with Crippen molar-refractivity contribution in [1.82, 2.24) is 0 Å². The molecule has 0 atom stereocenters. The predicted molar refractivity (Wildman–Crippen MR) is 80.0 cm³/mol. The molecule has 0 aliphatic carbocycles. The Labute approximate surface area is 120 Å². The van der Waals surface area contributed by atoms with Gasteiger partial charge in [-0.15, -0.1) is 0 Å². The minimum Gasteiger partial charge on any atom is -0.396 e. The number of nitrogens with zero attached hydrogens (tertiary/aromatic N) is 2. The van der Waals surface area contributed by atoms with E-state index in [4.69, 9.17) is 5.11 Å². The number of aliphatic hydroxyl groups is 1. The molecule has 0 heterocycles. The molecule has 0 bridgehead atoms. The van der Waals surface area contributed by atoms with Gasteiger partial charge in [0, 0.05) is 30.9 Å². The number of aliphatic hydroxyl groups excluding tert-OH is 1. The Bertz CT molecular complexity index is 424. The van der Waals surface area contributed by atoms with E-state index in [0.717, 1.165) is 12.2 Å². The molecule has 1 rings (SSSR count). The van der Waals surface area contributed by atoms with Crippen molar-refractivity contribution < 1.29 is 10.0 Å². The average molecular weight is 364 g/mol. The molecular weight excluding hydrogens is 347 g/mol. The Morgan fingerprint density at radius 2 is 2.17 bits per heavy atom. The Balaban J connectivity index is 2.99. The second-order valence-corrected chi connectivity index (χ2v) is 5.42. The molecule has 0 saturated carbocycles. The summed E-state index contributed by atoms with van der Waals surface area (Å²) < 4.78 is 0.629. The van der Waals surface area contributed by atoms with Gasteiger partial charge >= 0.3 is 0 Å². The van der Waals surface area contributed by atoms with Crippen molar-refractivity contribution in [3.8, 4) is 0 Å². The molecular formula is C12H17IN2O3. The largest absolute Gasteiger partial charge is 0.396 e. The minimum atomic E-state index is -0.376. The molecule has 18 heavy (non-hydrogen) atoms. The minimum absolute atomic E-state index is 0.130. The maximum absolute atomic E-state index is 10.8. The van der Waals surface area contributed by atoms with Gasteiger partial charge in [-0.05, 0) is 55.0 Å². The number of nitro groups is 1. The standard InChI is InChI=1S/C12H17IN2O3/c1-9(2)14(6-3-7-16)10-4-5-12(15(17)18)11(13)8-10/h4-5,8-9,16H,3,6-7H2,1-2H3. The molecule has 0 unspecified atom stereocenters. The van der Waals surface area contributed by atoms with E-state index < -0.39 is 0 Å². The summed E-state index contributed by atoms with van der Waals surface area (Å²) in [7, 11) is 0. The molecule has 1 aromatic carbocycles. The van der Waals surface area contributed by atoms with Gasteiger partial charge < -0.3 is 10.0 Å². The van der Waals surface area contributed by atoms with E-state index in [-0.39, 0.29) is 23.3 Å². The second kappa shape index (κ2) is 6.89. The normalized spacial score (nSPS) is 10.7. The number of anilines is 1. The zero-order valence-electron chi connectivity index (χ0n) is 10.5. The first-order chi connectivity index (χ1) is 8.47. The lowest BCUT2D eigenvalue weighted by molar-refractivity contribution is -0.385. The molecule has 0 aliphatic heterocycles. The number of rotatable bonds is 6. The van der Waals surface area contributed by atoms with Crippen LogP contribution in [-0.4, -0.2) is 29.2 Å². The van der Waals surface area contributed by atoms with Crippen molar-refractivity contribution in [2.75, 3.05) is 18.1 Å². The summed E-state index contributed by atoms with van der Waals surface area (Å²) in [6.45, 7) is 5.01. The molecule has 0 aromatic heterocycles. The highest BCUT2D eigenvalue weighted by Crippen LogP contribution is 2.27. The molecule has 0 radical (unpaired) electrons. The SMILES string of the molecule is CC(C)N(CCCO)c1ccc([N+](=O)[O-])c(I)c1. The molecule has 0 amide bonds. The van der Waals surface area contributed by atoms with Gasteiger partial charge in [0.25, 0.3) is 5.69 Å². The second-order valence-electron chi connectivity index (χ2n) is 4.26. The Hall–Kier alpha value is -0.890. The van der Waals surface area contributed by atoms with Gasteiger partial charge in [0.15, 0.2) is 0 Å². The fourth-order valence-electron chi connectivity index (χ4n) is 1.75. The van der Waals surface area contributed by atoms with Crippen LogP contribution in [0.15, 0.2) is 18.2 Å². The van der Waals surface area contributed by atoms with E-state index in [2.05, 4.69) is 18.7 Å². The molecule has 6 heteroatoms. The quantitative estimate of drug-likeness (QED) is 0.479.